The van der Waals surface area contributed by atoms with Crippen LogP contribution in [0, 0.1) is 26.7 Å². The number of rotatable bonds is 6. The van der Waals surface area contributed by atoms with Crippen LogP contribution in [0.5, 0.6) is 5.75 Å². The number of anilines is 2. The summed E-state index contributed by atoms with van der Waals surface area (Å²) in [6, 6.07) is 10.1. The molecule has 0 spiro atoms. The third kappa shape index (κ3) is 4.87. The summed E-state index contributed by atoms with van der Waals surface area (Å²) in [6.45, 7) is 11.4. The van der Waals surface area contributed by atoms with Gasteiger partial charge in [-0.1, -0.05) is 0 Å². The number of nitrogens with zero attached hydrogens (tertiary/aromatic N) is 5. The first kappa shape index (κ1) is 22.3. The van der Waals surface area contributed by atoms with Crippen LogP contribution in [0.4, 0.5) is 11.6 Å². The molecule has 0 bridgehead atoms. The van der Waals surface area contributed by atoms with Crippen molar-refractivity contribution >= 4 is 17.2 Å². The van der Waals surface area contributed by atoms with Crippen molar-refractivity contribution in [1.29, 1.82) is 0 Å². The molecule has 5 heterocycles. The summed E-state index contributed by atoms with van der Waals surface area (Å²) in [4.78, 5) is 13.2. The van der Waals surface area contributed by atoms with Crippen LogP contribution in [-0.4, -0.2) is 43.4 Å². The van der Waals surface area contributed by atoms with Gasteiger partial charge in [-0.05, 0) is 64.8 Å². The van der Waals surface area contributed by atoms with Gasteiger partial charge >= 0.3 is 0 Å². The number of aryl methyl sites for hydroxylation is 3. The third-order valence-electron chi connectivity index (χ3n) is 5.97. The molecule has 0 aliphatic carbocycles. The summed E-state index contributed by atoms with van der Waals surface area (Å²) in [5.74, 6) is 3.34. The van der Waals surface area contributed by atoms with Crippen molar-refractivity contribution in [3.05, 3.63) is 59.9 Å². The monoisotopic (exact) mass is 458 g/mol. The number of hydrogen-bond donors (Lipinski definition) is 1. The predicted octanol–water partition coefficient (Wildman–Crippen LogP) is 5.05. The molecule has 0 aromatic carbocycles. The second-order valence-electron chi connectivity index (χ2n) is 9.65. The Labute approximate surface area is 199 Å². The Hall–Kier alpha value is -3.52. The lowest BCUT2D eigenvalue weighted by Crippen LogP contribution is -2.18. The van der Waals surface area contributed by atoms with Crippen molar-refractivity contribution < 1.29 is 9.47 Å². The van der Waals surface area contributed by atoms with Gasteiger partial charge in [0.2, 0.25) is 0 Å². The zero-order chi connectivity index (χ0) is 23.9. The molecule has 1 atom stereocenters. The zero-order valence-electron chi connectivity index (χ0n) is 20.3. The average Bonchev–Trinajstić information content (AvgIpc) is 3.33. The molecular formula is C26H30N6O2. The van der Waals surface area contributed by atoms with Gasteiger partial charge in [0.15, 0.2) is 5.82 Å². The fourth-order valence-corrected chi connectivity index (χ4v) is 4.49. The van der Waals surface area contributed by atoms with E-state index < -0.39 is 0 Å². The maximum atomic E-state index is 6.25. The van der Waals surface area contributed by atoms with Crippen molar-refractivity contribution in [2.24, 2.45) is 5.92 Å². The maximum Gasteiger partial charge on any atom is 0.154 e. The van der Waals surface area contributed by atoms with Gasteiger partial charge in [-0.2, -0.15) is 5.10 Å². The van der Waals surface area contributed by atoms with Gasteiger partial charge in [-0.15, -0.1) is 0 Å². The van der Waals surface area contributed by atoms with E-state index in [9.17, 15) is 0 Å². The number of hydrogen-bond acceptors (Lipinski definition) is 7. The topological polar surface area (TPSA) is 86.5 Å². The molecule has 8 nitrogen and oxygen atoms in total. The molecule has 1 unspecified atom stereocenters. The van der Waals surface area contributed by atoms with Crippen LogP contribution >= 0.6 is 0 Å². The Balaban J connectivity index is 1.40. The number of nitrogens with one attached hydrogen (secondary N) is 1. The standard InChI is InChI=1S/C26H30N6O2/c1-16-8-22(23(13-27-16)33-14-19-12-26(4,5)34-15-19)20-6-7-32-21(10-20)11-25(31-32)30-24-9-17(2)28-18(3)29-24/h6-11,13,19H,12,14-15H2,1-5H3,(H,28,29,30,31). The van der Waals surface area contributed by atoms with Crippen molar-refractivity contribution in [3.8, 4) is 16.9 Å². The summed E-state index contributed by atoms with van der Waals surface area (Å²) in [5.41, 5.74) is 4.81. The number of aromatic nitrogens is 5. The molecule has 1 aliphatic heterocycles. The van der Waals surface area contributed by atoms with Crippen LogP contribution in [0.3, 0.4) is 0 Å². The molecule has 1 fully saturated rings. The molecule has 176 valence electrons. The minimum absolute atomic E-state index is 0.0790. The SMILES string of the molecule is Cc1cc(-c2ccn3nc(Nc4cc(C)nc(C)n4)cc3c2)c(OCC2COC(C)(C)C2)cn1. The van der Waals surface area contributed by atoms with Gasteiger partial charge in [0.1, 0.15) is 17.4 Å². The Morgan fingerprint density at radius 1 is 1.09 bits per heavy atom. The van der Waals surface area contributed by atoms with Gasteiger partial charge in [-0.3, -0.25) is 4.98 Å². The van der Waals surface area contributed by atoms with Gasteiger partial charge in [0.05, 0.1) is 30.5 Å². The highest BCUT2D eigenvalue weighted by molar-refractivity contribution is 5.75. The molecule has 4 aromatic rings. The smallest absolute Gasteiger partial charge is 0.154 e. The fraction of sp³-hybridized carbons (Fsp3) is 0.385. The fourth-order valence-electron chi connectivity index (χ4n) is 4.49. The molecule has 0 amide bonds. The van der Waals surface area contributed by atoms with Crippen molar-refractivity contribution in [3.63, 3.8) is 0 Å². The molecule has 34 heavy (non-hydrogen) atoms. The maximum absolute atomic E-state index is 6.25. The first-order chi connectivity index (χ1) is 16.2. The molecule has 5 rings (SSSR count). The molecule has 4 aromatic heterocycles. The molecule has 0 radical (unpaired) electrons. The lowest BCUT2D eigenvalue weighted by atomic mass is 9.98. The van der Waals surface area contributed by atoms with Gasteiger partial charge in [-0.25, -0.2) is 14.5 Å². The second kappa shape index (κ2) is 8.68. The van der Waals surface area contributed by atoms with E-state index in [1.807, 2.05) is 55.9 Å². The normalized spacial score (nSPS) is 17.3. The summed E-state index contributed by atoms with van der Waals surface area (Å²) in [7, 11) is 0. The summed E-state index contributed by atoms with van der Waals surface area (Å²) < 4.78 is 14.0. The van der Waals surface area contributed by atoms with E-state index in [1.54, 1.807) is 0 Å². The Morgan fingerprint density at radius 2 is 1.94 bits per heavy atom. The largest absolute Gasteiger partial charge is 0.491 e. The van der Waals surface area contributed by atoms with E-state index in [0.717, 1.165) is 64.3 Å². The second-order valence-corrected chi connectivity index (χ2v) is 9.65. The van der Waals surface area contributed by atoms with Gasteiger partial charge < -0.3 is 14.8 Å². The minimum Gasteiger partial charge on any atom is -0.491 e. The number of fused-ring (bicyclic) bond motifs is 1. The van der Waals surface area contributed by atoms with Crippen LogP contribution in [-0.2, 0) is 4.74 Å². The van der Waals surface area contributed by atoms with Crippen molar-refractivity contribution in [1.82, 2.24) is 24.6 Å². The third-order valence-corrected chi connectivity index (χ3v) is 5.97. The molecule has 1 saturated heterocycles. The predicted molar refractivity (Wildman–Crippen MR) is 132 cm³/mol. The van der Waals surface area contributed by atoms with E-state index in [0.29, 0.717) is 12.5 Å². The summed E-state index contributed by atoms with van der Waals surface area (Å²) in [6.07, 6.45) is 4.77. The highest BCUT2D eigenvalue weighted by Crippen LogP contribution is 2.34. The van der Waals surface area contributed by atoms with Crippen LogP contribution in [0.2, 0.25) is 0 Å². The lowest BCUT2D eigenvalue weighted by Gasteiger charge is -2.17. The van der Waals surface area contributed by atoms with Crippen LogP contribution < -0.4 is 10.1 Å². The Bertz CT molecular complexity index is 1330. The van der Waals surface area contributed by atoms with Gasteiger partial charge in [0.25, 0.3) is 0 Å². The van der Waals surface area contributed by atoms with Crippen LogP contribution in [0.1, 0.15) is 37.5 Å². The van der Waals surface area contributed by atoms with E-state index in [-0.39, 0.29) is 5.60 Å². The average molecular weight is 459 g/mol. The van der Waals surface area contributed by atoms with Crippen molar-refractivity contribution in [2.45, 2.75) is 46.6 Å². The van der Waals surface area contributed by atoms with Crippen LogP contribution in [0.25, 0.3) is 16.6 Å². The van der Waals surface area contributed by atoms with Crippen molar-refractivity contribution in [2.75, 3.05) is 18.5 Å². The number of ether oxygens (including phenoxy) is 2. The highest BCUT2D eigenvalue weighted by Gasteiger charge is 2.32. The number of pyridine rings is 2. The Morgan fingerprint density at radius 3 is 2.71 bits per heavy atom. The molecule has 1 aliphatic rings. The first-order valence-corrected chi connectivity index (χ1v) is 11.6. The van der Waals surface area contributed by atoms with Crippen LogP contribution in [0.15, 0.2) is 42.7 Å². The summed E-state index contributed by atoms with van der Waals surface area (Å²) >= 11 is 0. The molecular weight excluding hydrogens is 428 g/mol. The van der Waals surface area contributed by atoms with E-state index >= 15 is 0 Å². The molecule has 0 saturated carbocycles. The molecule has 8 heteroatoms. The summed E-state index contributed by atoms with van der Waals surface area (Å²) in [5, 5.41) is 7.92. The Kier molecular flexibility index (Phi) is 5.69. The zero-order valence-corrected chi connectivity index (χ0v) is 20.3. The van der Waals surface area contributed by atoms with E-state index in [1.165, 1.54) is 0 Å². The molecule has 1 N–H and O–H groups in total. The van der Waals surface area contributed by atoms with E-state index in [4.69, 9.17) is 9.47 Å². The highest BCUT2D eigenvalue weighted by atomic mass is 16.5. The van der Waals surface area contributed by atoms with Gasteiger partial charge in [0, 0.05) is 41.2 Å². The van der Waals surface area contributed by atoms with E-state index in [2.05, 4.69) is 51.3 Å². The quantitative estimate of drug-likeness (QED) is 0.433. The lowest BCUT2D eigenvalue weighted by molar-refractivity contribution is 0.0341. The first-order valence-electron chi connectivity index (χ1n) is 11.6. The minimum atomic E-state index is -0.0790.